The molecule has 1 aromatic rings. The van der Waals surface area contributed by atoms with Crippen molar-refractivity contribution in [2.24, 2.45) is 5.73 Å². The molecule has 0 radical (unpaired) electrons. The molecule has 3 nitrogen and oxygen atoms in total. The van der Waals surface area contributed by atoms with E-state index < -0.39 is 0 Å². The van der Waals surface area contributed by atoms with E-state index in [0.29, 0.717) is 6.04 Å². The first-order chi connectivity index (χ1) is 9.15. The topological polar surface area (TPSA) is 42.1 Å². The molecule has 0 aromatic carbocycles. The summed E-state index contributed by atoms with van der Waals surface area (Å²) in [6, 6.07) is 3.19. The molecule has 0 aliphatic carbocycles. The molecule has 19 heavy (non-hydrogen) atoms. The van der Waals surface area contributed by atoms with E-state index in [1.54, 1.807) is 0 Å². The number of pyridine rings is 1. The molecular formula is C16H27N3. The summed E-state index contributed by atoms with van der Waals surface area (Å²) in [5.74, 6) is 1.18. The highest BCUT2D eigenvalue weighted by Crippen LogP contribution is 2.28. The van der Waals surface area contributed by atoms with E-state index in [9.17, 15) is 0 Å². The first kappa shape index (κ1) is 14.3. The summed E-state index contributed by atoms with van der Waals surface area (Å²) in [6.07, 6.45) is 7.78. The average Bonchev–Trinajstić information content (AvgIpc) is 2.87. The summed E-state index contributed by atoms with van der Waals surface area (Å²) < 4.78 is 0. The van der Waals surface area contributed by atoms with Gasteiger partial charge in [0.25, 0.3) is 0 Å². The molecule has 1 aliphatic rings. The number of nitrogens with two attached hydrogens (primary N) is 1. The fourth-order valence-corrected chi connectivity index (χ4v) is 3.02. The highest BCUT2D eigenvalue weighted by atomic mass is 15.2. The lowest BCUT2D eigenvalue weighted by Crippen LogP contribution is -2.30. The normalized spacial score (nSPS) is 20.8. The van der Waals surface area contributed by atoms with Gasteiger partial charge in [-0.2, -0.15) is 0 Å². The van der Waals surface area contributed by atoms with Gasteiger partial charge in [0.1, 0.15) is 5.82 Å². The van der Waals surface area contributed by atoms with Crippen LogP contribution >= 0.6 is 0 Å². The highest BCUT2D eigenvalue weighted by molar-refractivity contribution is 5.49. The second-order valence-electron chi connectivity index (χ2n) is 5.75. The van der Waals surface area contributed by atoms with E-state index in [1.807, 2.05) is 6.20 Å². The molecule has 2 N–H and O–H groups in total. The first-order valence-electron chi connectivity index (χ1n) is 7.63. The van der Waals surface area contributed by atoms with Crippen LogP contribution in [0.3, 0.4) is 0 Å². The van der Waals surface area contributed by atoms with Crippen molar-refractivity contribution in [1.29, 1.82) is 0 Å². The van der Waals surface area contributed by atoms with Gasteiger partial charge in [-0.05, 0) is 50.2 Å². The van der Waals surface area contributed by atoms with Gasteiger partial charge < -0.3 is 10.6 Å². The number of aromatic nitrogens is 1. The van der Waals surface area contributed by atoms with Crippen molar-refractivity contribution in [1.82, 2.24) is 4.98 Å². The standard InChI is InChI=1S/C16H27N3/c1-4-14(17)10-13-9-12(3)16(18-11-13)19-8-6-7-15(19)5-2/h9,11,14-15H,4-8,10,17H2,1-3H3. The zero-order valence-corrected chi connectivity index (χ0v) is 12.5. The zero-order valence-electron chi connectivity index (χ0n) is 12.5. The minimum absolute atomic E-state index is 0.252. The minimum atomic E-state index is 0.252. The molecule has 2 heterocycles. The van der Waals surface area contributed by atoms with Gasteiger partial charge in [0.15, 0.2) is 0 Å². The molecule has 1 aromatic heterocycles. The molecule has 0 spiro atoms. The van der Waals surface area contributed by atoms with E-state index in [0.717, 1.165) is 19.4 Å². The van der Waals surface area contributed by atoms with Crippen molar-refractivity contribution in [3.05, 3.63) is 23.4 Å². The van der Waals surface area contributed by atoms with E-state index in [-0.39, 0.29) is 6.04 Å². The Hall–Kier alpha value is -1.09. The molecule has 106 valence electrons. The predicted octanol–water partition coefficient (Wildman–Crippen LogP) is 3.05. The van der Waals surface area contributed by atoms with Crippen LogP contribution in [-0.2, 0) is 6.42 Å². The first-order valence-corrected chi connectivity index (χ1v) is 7.63. The Balaban J connectivity index is 2.15. The summed E-state index contributed by atoms with van der Waals surface area (Å²) in [4.78, 5) is 7.20. The Morgan fingerprint density at radius 3 is 2.89 bits per heavy atom. The van der Waals surface area contributed by atoms with E-state index in [4.69, 9.17) is 10.7 Å². The maximum atomic E-state index is 6.02. The van der Waals surface area contributed by atoms with E-state index >= 15 is 0 Å². The van der Waals surface area contributed by atoms with Crippen molar-refractivity contribution in [3.8, 4) is 0 Å². The lowest BCUT2D eigenvalue weighted by atomic mass is 10.0. The summed E-state index contributed by atoms with van der Waals surface area (Å²) in [5.41, 5.74) is 8.58. The van der Waals surface area contributed by atoms with Crippen LogP contribution in [0.25, 0.3) is 0 Å². The van der Waals surface area contributed by atoms with Crippen LogP contribution in [0, 0.1) is 6.92 Å². The molecule has 2 unspecified atom stereocenters. The third-order valence-corrected chi connectivity index (χ3v) is 4.25. The molecule has 1 saturated heterocycles. The summed E-state index contributed by atoms with van der Waals surface area (Å²) >= 11 is 0. The van der Waals surface area contributed by atoms with Crippen LogP contribution in [0.1, 0.15) is 50.7 Å². The van der Waals surface area contributed by atoms with Crippen LogP contribution in [0.2, 0.25) is 0 Å². The minimum Gasteiger partial charge on any atom is -0.353 e. The number of hydrogen-bond donors (Lipinski definition) is 1. The van der Waals surface area contributed by atoms with Gasteiger partial charge in [-0.25, -0.2) is 4.98 Å². The highest BCUT2D eigenvalue weighted by Gasteiger charge is 2.25. The van der Waals surface area contributed by atoms with Crippen molar-refractivity contribution in [2.45, 2.75) is 65.0 Å². The third-order valence-electron chi connectivity index (χ3n) is 4.25. The Kier molecular flexibility index (Phi) is 4.81. The summed E-state index contributed by atoms with van der Waals surface area (Å²) in [6.45, 7) is 7.73. The Morgan fingerprint density at radius 2 is 2.26 bits per heavy atom. The van der Waals surface area contributed by atoms with Gasteiger partial charge in [-0.1, -0.05) is 19.9 Å². The number of hydrogen-bond acceptors (Lipinski definition) is 3. The largest absolute Gasteiger partial charge is 0.353 e. The number of aryl methyl sites for hydroxylation is 1. The lowest BCUT2D eigenvalue weighted by Gasteiger charge is -2.26. The van der Waals surface area contributed by atoms with Gasteiger partial charge in [-0.15, -0.1) is 0 Å². The summed E-state index contributed by atoms with van der Waals surface area (Å²) in [5, 5.41) is 0. The number of nitrogens with zero attached hydrogens (tertiary/aromatic N) is 2. The fraction of sp³-hybridized carbons (Fsp3) is 0.688. The van der Waals surface area contributed by atoms with Crippen molar-refractivity contribution in [3.63, 3.8) is 0 Å². The Morgan fingerprint density at radius 1 is 1.47 bits per heavy atom. The van der Waals surface area contributed by atoms with Crippen LogP contribution in [0.4, 0.5) is 5.82 Å². The lowest BCUT2D eigenvalue weighted by molar-refractivity contribution is 0.634. The molecule has 0 amide bonds. The van der Waals surface area contributed by atoms with Crippen molar-refractivity contribution >= 4 is 5.82 Å². The molecule has 2 atom stereocenters. The second-order valence-corrected chi connectivity index (χ2v) is 5.75. The van der Waals surface area contributed by atoms with Gasteiger partial charge >= 0.3 is 0 Å². The molecule has 0 bridgehead atoms. The maximum absolute atomic E-state index is 6.02. The molecular weight excluding hydrogens is 234 g/mol. The maximum Gasteiger partial charge on any atom is 0.131 e. The second kappa shape index (κ2) is 6.38. The van der Waals surface area contributed by atoms with Crippen LogP contribution in [0.15, 0.2) is 12.3 Å². The Labute approximate surface area is 117 Å². The Bertz CT molecular complexity index is 416. The fourth-order valence-electron chi connectivity index (χ4n) is 3.02. The zero-order chi connectivity index (χ0) is 13.8. The van der Waals surface area contributed by atoms with Gasteiger partial charge in [0.05, 0.1) is 0 Å². The molecule has 1 aliphatic heterocycles. The monoisotopic (exact) mass is 261 g/mol. The average molecular weight is 261 g/mol. The predicted molar refractivity (Wildman–Crippen MR) is 81.6 cm³/mol. The smallest absolute Gasteiger partial charge is 0.131 e. The van der Waals surface area contributed by atoms with Crippen molar-refractivity contribution in [2.75, 3.05) is 11.4 Å². The van der Waals surface area contributed by atoms with E-state index in [2.05, 4.69) is 31.7 Å². The van der Waals surface area contributed by atoms with Crippen LogP contribution < -0.4 is 10.6 Å². The van der Waals surface area contributed by atoms with Crippen LogP contribution in [-0.4, -0.2) is 23.6 Å². The number of anilines is 1. The van der Waals surface area contributed by atoms with Crippen molar-refractivity contribution < 1.29 is 0 Å². The molecule has 1 fully saturated rings. The van der Waals surface area contributed by atoms with E-state index in [1.165, 1.54) is 36.2 Å². The quantitative estimate of drug-likeness (QED) is 0.886. The molecule has 2 rings (SSSR count). The SMILES string of the molecule is CCC(N)Cc1cnc(N2CCCC2CC)c(C)c1. The third kappa shape index (κ3) is 3.27. The van der Waals surface area contributed by atoms with Gasteiger partial charge in [0.2, 0.25) is 0 Å². The molecule has 0 saturated carbocycles. The summed E-state index contributed by atoms with van der Waals surface area (Å²) in [7, 11) is 0. The van der Waals surface area contributed by atoms with Crippen LogP contribution in [0.5, 0.6) is 0 Å². The van der Waals surface area contributed by atoms with Gasteiger partial charge in [0, 0.05) is 24.8 Å². The molecule has 3 heteroatoms. The van der Waals surface area contributed by atoms with Gasteiger partial charge in [-0.3, -0.25) is 0 Å². The number of rotatable bonds is 5.